The van der Waals surface area contributed by atoms with Crippen LogP contribution in [-0.4, -0.2) is 25.1 Å². The first-order valence-corrected chi connectivity index (χ1v) is 7.98. The molecule has 0 aliphatic carbocycles. The molecule has 0 heterocycles. The van der Waals surface area contributed by atoms with Crippen molar-refractivity contribution in [1.29, 1.82) is 0 Å². The molecule has 0 saturated heterocycles. The largest absolute Gasteiger partial charge is 0.494 e. The average molecular weight is 353 g/mol. The Morgan fingerprint density at radius 3 is 2.54 bits per heavy atom. The third-order valence-electron chi connectivity index (χ3n) is 3.30. The SMILES string of the molecule is [N-]=[N+]=NCCCOc1ccc(C(N)=NC(=O)OCc2ccccc2)cc1. The Kier molecular flexibility index (Phi) is 7.51. The van der Waals surface area contributed by atoms with Crippen LogP contribution in [0.4, 0.5) is 4.79 Å². The minimum Gasteiger partial charge on any atom is -0.494 e. The molecule has 1 amide bonds. The molecular weight excluding hydrogens is 334 g/mol. The maximum Gasteiger partial charge on any atom is 0.435 e. The minimum absolute atomic E-state index is 0.0676. The van der Waals surface area contributed by atoms with E-state index in [1.807, 2.05) is 30.3 Å². The number of ether oxygens (including phenoxy) is 2. The van der Waals surface area contributed by atoms with Gasteiger partial charge in [-0.05, 0) is 41.8 Å². The fraction of sp³-hybridized carbons (Fsp3) is 0.222. The number of amides is 1. The summed E-state index contributed by atoms with van der Waals surface area (Å²) < 4.78 is 10.6. The lowest BCUT2D eigenvalue weighted by molar-refractivity contribution is 0.151. The van der Waals surface area contributed by atoms with Crippen LogP contribution in [0.2, 0.25) is 0 Å². The van der Waals surface area contributed by atoms with Crippen molar-refractivity contribution < 1.29 is 14.3 Å². The Morgan fingerprint density at radius 1 is 1.12 bits per heavy atom. The standard InChI is InChI=1S/C18H19N5O3/c19-17(22-18(24)26-13-14-5-2-1-3-6-14)15-7-9-16(10-8-15)25-12-4-11-21-23-20/h1-3,5-10H,4,11-13H2,(H2,19,22,24). The highest BCUT2D eigenvalue weighted by Crippen LogP contribution is 2.12. The van der Waals surface area contributed by atoms with Gasteiger partial charge in [-0.1, -0.05) is 35.4 Å². The topological polar surface area (TPSA) is 123 Å². The molecule has 0 bridgehead atoms. The van der Waals surface area contributed by atoms with Crippen molar-refractivity contribution in [3.8, 4) is 5.75 Å². The molecule has 8 heteroatoms. The van der Waals surface area contributed by atoms with Gasteiger partial charge in [0.25, 0.3) is 0 Å². The van der Waals surface area contributed by atoms with Crippen molar-refractivity contribution in [2.24, 2.45) is 15.8 Å². The van der Waals surface area contributed by atoms with E-state index >= 15 is 0 Å². The summed E-state index contributed by atoms with van der Waals surface area (Å²) in [5, 5.41) is 3.43. The lowest BCUT2D eigenvalue weighted by Gasteiger charge is -2.06. The van der Waals surface area contributed by atoms with Crippen molar-refractivity contribution in [3.05, 3.63) is 76.2 Å². The summed E-state index contributed by atoms with van der Waals surface area (Å²) in [6.45, 7) is 0.964. The van der Waals surface area contributed by atoms with Crippen LogP contribution in [-0.2, 0) is 11.3 Å². The number of aliphatic imine (C=N–C) groups is 1. The molecule has 0 saturated carbocycles. The molecule has 2 aromatic rings. The number of hydrogen-bond acceptors (Lipinski definition) is 4. The summed E-state index contributed by atoms with van der Waals surface area (Å²) in [7, 11) is 0. The molecule has 0 aromatic heterocycles. The third kappa shape index (κ3) is 6.54. The van der Waals surface area contributed by atoms with Crippen LogP contribution in [0.3, 0.4) is 0 Å². The Labute approximate surface area is 150 Å². The van der Waals surface area contributed by atoms with Crippen LogP contribution in [0.25, 0.3) is 10.4 Å². The number of rotatable bonds is 8. The summed E-state index contributed by atoms with van der Waals surface area (Å²) in [4.78, 5) is 18.1. The molecule has 0 aliphatic rings. The number of azide groups is 1. The van der Waals surface area contributed by atoms with Crippen LogP contribution in [0.1, 0.15) is 17.5 Å². The fourth-order valence-corrected chi connectivity index (χ4v) is 2.01. The van der Waals surface area contributed by atoms with E-state index in [1.165, 1.54) is 0 Å². The fourth-order valence-electron chi connectivity index (χ4n) is 2.01. The molecule has 26 heavy (non-hydrogen) atoms. The van der Waals surface area contributed by atoms with E-state index < -0.39 is 6.09 Å². The van der Waals surface area contributed by atoms with Gasteiger partial charge >= 0.3 is 6.09 Å². The molecule has 0 fully saturated rings. The molecule has 8 nitrogen and oxygen atoms in total. The first-order valence-electron chi connectivity index (χ1n) is 7.98. The number of nitrogens with zero attached hydrogens (tertiary/aromatic N) is 4. The smallest absolute Gasteiger partial charge is 0.435 e. The monoisotopic (exact) mass is 353 g/mol. The molecule has 2 rings (SSSR count). The maximum atomic E-state index is 11.7. The summed E-state index contributed by atoms with van der Waals surface area (Å²) in [6, 6.07) is 16.2. The van der Waals surface area contributed by atoms with Crippen LogP contribution < -0.4 is 10.5 Å². The van der Waals surface area contributed by atoms with Gasteiger partial charge in [-0.3, -0.25) is 0 Å². The van der Waals surface area contributed by atoms with Crippen LogP contribution in [0.5, 0.6) is 5.75 Å². The van der Waals surface area contributed by atoms with Crippen molar-refractivity contribution in [2.75, 3.05) is 13.2 Å². The van der Waals surface area contributed by atoms with E-state index in [9.17, 15) is 4.79 Å². The lowest BCUT2D eigenvalue weighted by Crippen LogP contribution is -2.16. The lowest BCUT2D eigenvalue weighted by atomic mass is 10.2. The zero-order valence-corrected chi connectivity index (χ0v) is 14.1. The van der Waals surface area contributed by atoms with Crippen LogP contribution in [0.15, 0.2) is 64.7 Å². The van der Waals surface area contributed by atoms with E-state index in [0.717, 1.165) is 5.56 Å². The highest BCUT2D eigenvalue weighted by atomic mass is 16.5. The Balaban J connectivity index is 1.83. The summed E-state index contributed by atoms with van der Waals surface area (Å²) >= 11 is 0. The normalized spacial score (nSPS) is 10.7. The molecule has 0 spiro atoms. The molecule has 0 atom stereocenters. The van der Waals surface area contributed by atoms with Crippen LogP contribution in [0, 0.1) is 0 Å². The van der Waals surface area contributed by atoms with Crippen molar-refractivity contribution in [1.82, 2.24) is 0 Å². The van der Waals surface area contributed by atoms with Gasteiger partial charge in [0.2, 0.25) is 0 Å². The van der Waals surface area contributed by atoms with Crippen molar-refractivity contribution in [2.45, 2.75) is 13.0 Å². The van der Waals surface area contributed by atoms with E-state index in [2.05, 4.69) is 15.0 Å². The Morgan fingerprint density at radius 2 is 1.85 bits per heavy atom. The molecule has 0 radical (unpaired) electrons. The molecule has 0 aliphatic heterocycles. The highest BCUT2D eigenvalue weighted by molar-refractivity contribution is 6.02. The number of hydrogen-bond donors (Lipinski definition) is 1. The molecule has 2 N–H and O–H groups in total. The maximum absolute atomic E-state index is 11.7. The van der Waals surface area contributed by atoms with Gasteiger partial charge in [0.05, 0.1) is 6.61 Å². The first kappa shape index (κ1) is 18.8. The zero-order chi connectivity index (χ0) is 18.6. The second kappa shape index (κ2) is 10.4. The summed E-state index contributed by atoms with van der Waals surface area (Å²) in [5.74, 6) is 0.715. The molecular formula is C18H19N5O3. The first-order chi connectivity index (χ1) is 12.7. The van der Waals surface area contributed by atoms with Gasteiger partial charge in [-0.2, -0.15) is 4.99 Å². The van der Waals surface area contributed by atoms with E-state index in [-0.39, 0.29) is 12.4 Å². The summed E-state index contributed by atoms with van der Waals surface area (Å²) in [5.41, 5.74) is 15.5. The van der Waals surface area contributed by atoms with Gasteiger partial charge in [0.1, 0.15) is 18.2 Å². The second-order valence-electron chi connectivity index (χ2n) is 5.22. The summed E-state index contributed by atoms with van der Waals surface area (Å²) in [6.07, 6.45) is -0.118. The average Bonchev–Trinajstić information content (AvgIpc) is 2.67. The Hall–Kier alpha value is -3.51. The van der Waals surface area contributed by atoms with Gasteiger partial charge < -0.3 is 15.2 Å². The van der Waals surface area contributed by atoms with E-state index in [0.29, 0.717) is 30.9 Å². The van der Waals surface area contributed by atoms with Crippen molar-refractivity contribution in [3.63, 3.8) is 0 Å². The molecule has 134 valence electrons. The van der Waals surface area contributed by atoms with Gasteiger partial charge in [0.15, 0.2) is 0 Å². The third-order valence-corrected chi connectivity index (χ3v) is 3.30. The molecule has 2 aromatic carbocycles. The number of benzene rings is 2. The van der Waals surface area contributed by atoms with Gasteiger partial charge in [-0.25, -0.2) is 4.79 Å². The predicted molar refractivity (Wildman–Crippen MR) is 97.9 cm³/mol. The number of carbonyl (C=O) groups excluding carboxylic acids is 1. The minimum atomic E-state index is -0.746. The highest BCUT2D eigenvalue weighted by Gasteiger charge is 2.05. The van der Waals surface area contributed by atoms with Gasteiger partial charge in [-0.15, -0.1) is 0 Å². The van der Waals surface area contributed by atoms with Crippen LogP contribution >= 0.6 is 0 Å². The van der Waals surface area contributed by atoms with E-state index in [4.69, 9.17) is 20.7 Å². The predicted octanol–water partition coefficient (Wildman–Crippen LogP) is 3.81. The Bertz CT molecular complexity index is 784. The number of amidine groups is 1. The van der Waals surface area contributed by atoms with Gasteiger partial charge in [0, 0.05) is 17.0 Å². The zero-order valence-electron chi connectivity index (χ0n) is 14.1. The number of nitrogens with two attached hydrogens (primary N) is 1. The van der Waals surface area contributed by atoms with E-state index in [1.54, 1.807) is 24.3 Å². The quantitative estimate of drug-likeness (QED) is 0.193. The van der Waals surface area contributed by atoms with Crippen molar-refractivity contribution >= 4 is 11.9 Å². The second-order valence-corrected chi connectivity index (χ2v) is 5.22. The molecule has 0 unspecified atom stereocenters. The number of carbonyl (C=O) groups is 1.